The lowest BCUT2D eigenvalue weighted by atomic mass is 10.1. The lowest BCUT2D eigenvalue weighted by molar-refractivity contribution is 0.376. The van der Waals surface area contributed by atoms with Gasteiger partial charge in [0.1, 0.15) is 5.69 Å². The first-order valence-electron chi connectivity index (χ1n) is 7.36. The monoisotopic (exact) mass is 337 g/mol. The van der Waals surface area contributed by atoms with Gasteiger partial charge in [0.15, 0.2) is 5.76 Å². The minimum Gasteiger partial charge on any atom is -0.359 e. The van der Waals surface area contributed by atoms with Crippen LogP contribution in [0.4, 0.5) is 0 Å². The number of benzene rings is 2. The van der Waals surface area contributed by atoms with Crippen LogP contribution in [0.3, 0.4) is 0 Å². The van der Waals surface area contributed by atoms with E-state index >= 15 is 0 Å². The van der Waals surface area contributed by atoms with Crippen LogP contribution in [0.25, 0.3) is 22.2 Å². The van der Waals surface area contributed by atoms with Crippen LogP contribution in [-0.2, 0) is 6.54 Å². The van der Waals surface area contributed by atoms with Gasteiger partial charge in [0.05, 0.1) is 23.8 Å². The average Bonchev–Trinajstić information content (AvgIpc) is 3.07. The fraction of sp³-hybridized carbons (Fsp3) is 0.0556. The minimum atomic E-state index is -0.106. The maximum absolute atomic E-state index is 12.5. The molecule has 118 valence electrons. The van der Waals surface area contributed by atoms with Gasteiger partial charge in [-0.1, -0.05) is 41.0 Å². The van der Waals surface area contributed by atoms with E-state index in [1.807, 2.05) is 36.4 Å². The molecule has 0 radical (unpaired) electrons. The maximum atomic E-state index is 12.5. The number of fused-ring (bicyclic) bond motifs is 1. The Morgan fingerprint density at radius 2 is 1.88 bits per heavy atom. The number of aromatic nitrogens is 3. The highest BCUT2D eigenvalue weighted by atomic mass is 35.5. The summed E-state index contributed by atoms with van der Waals surface area (Å²) in [4.78, 5) is 16.8. The largest absolute Gasteiger partial charge is 0.359 e. The molecule has 0 aliphatic rings. The summed E-state index contributed by atoms with van der Waals surface area (Å²) < 4.78 is 6.86. The quantitative estimate of drug-likeness (QED) is 0.571. The van der Waals surface area contributed by atoms with Crippen molar-refractivity contribution >= 4 is 22.5 Å². The number of nitrogens with zero attached hydrogens (tertiary/aromatic N) is 3. The predicted octanol–water partition coefficient (Wildman–Crippen LogP) is 3.75. The van der Waals surface area contributed by atoms with Crippen molar-refractivity contribution in [3.63, 3.8) is 0 Å². The lowest BCUT2D eigenvalue weighted by Crippen LogP contribution is -2.20. The molecular formula is C18H12ClN3O2. The van der Waals surface area contributed by atoms with Crippen LogP contribution in [0.2, 0.25) is 5.02 Å². The Labute approximate surface area is 142 Å². The molecule has 24 heavy (non-hydrogen) atoms. The first-order valence-corrected chi connectivity index (χ1v) is 7.74. The molecule has 0 aliphatic heterocycles. The molecule has 0 atom stereocenters. The Balaban J connectivity index is 1.66. The van der Waals surface area contributed by atoms with Crippen LogP contribution in [0, 0.1) is 0 Å². The second-order valence-electron chi connectivity index (χ2n) is 5.38. The van der Waals surface area contributed by atoms with Gasteiger partial charge in [-0.2, -0.15) is 0 Å². The minimum absolute atomic E-state index is 0.106. The Bertz CT molecular complexity index is 1070. The van der Waals surface area contributed by atoms with Gasteiger partial charge in [-0.3, -0.25) is 9.36 Å². The zero-order chi connectivity index (χ0) is 16.5. The second kappa shape index (κ2) is 5.94. The van der Waals surface area contributed by atoms with E-state index in [1.165, 1.54) is 10.9 Å². The summed E-state index contributed by atoms with van der Waals surface area (Å²) in [6.45, 7) is 0.275. The van der Waals surface area contributed by atoms with Crippen molar-refractivity contribution in [3.05, 3.63) is 82.1 Å². The van der Waals surface area contributed by atoms with E-state index in [-0.39, 0.29) is 12.1 Å². The highest BCUT2D eigenvalue weighted by Crippen LogP contribution is 2.21. The topological polar surface area (TPSA) is 60.9 Å². The first kappa shape index (κ1) is 14.7. The SMILES string of the molecule is O=c1c2ccccc2ncn1Cc1cc(-c2ccc(Cl)cc2)no1. The Morgan fingerprint density at radius 1 is 1.08 bits per heavy atom. The average molecular weight is 338 g/mol. The fourth-order valence-corrected chi connectivity index (χ4v) is 2.66. The van der Waals surface area contributed by atoms with Crippen molar-refractivity contribution in [1.82, 2.24) is 14.7 Å². The molecule has 2 aromatic carbocycles. The van der Waals surface area contributed by atoms with Gasteiger partial charge < -0.3 is 4.52 Å². The molecule has 4 aromatic rings. The normalized spacial score (nSPS) is 11.0. The number of hydrogen-bond acceptors (Lipinski definition) is 4. The predicted molar refractivity (Wildman–Crippen MR) is 92.1 cm³/mol. The van der Waals surface area contributed by atoms with Crippen molar-refractivity contribution in [1.29, 1.82) is 0 Å². The van der Waals surface area contributed by atoms with E-state index in [0.29, 0.717) is 27.4 Å². The number of hydrogen-bond donors (Lipinski definition) is 0. The highest BCUT2D eigenvalue weighted by molar-refractivity contribution is 6.30. The van der Waals surface area contributed by atoms with Gasteiger partial charge >= 0.3 is 0 Å². The molecule has 6 heteroatoms. The molecule has 0 fully saturated rings. The van der Waals surface area contributed by atoms with E-state index in [9.17, 15) is 4.79 Å². The van der Waals surface area contributed by atoms with Gasteiger partial charge in [0.2, 0.25) is 0 Å². The third-order valence-electron chi connectivity index (χ3n) is 3.76. The van der Waals surface area contributed by atoms with Crippen LogP contribution >= 0.6 is 11.6 Å². The molecule has 4 rings (SSSR count). The summed E-state index contributed by atoms with van der Waals surface area (Å²) >= 11 is 5.89. The standard InChI is InChI=1S/C18H12ClN3O2/c19-13-7-5-12(6-8-13)17-9-14(24-21-17)10-22-11-20-16-4-2-1-3-15(16)18(22)23/h1-9,11H,10H2. The molecule has 0 saturated carbocycles. The van der Waals surface area contributed by atoms with E-state index < -0.39 is 0 Å². The van der Waals surface area contributed by atoms with E-state index in [2.05, 4.69) is 10.1 Å². The third-order valence-corrected chi connectivity index (χ3v) is 4.01. The first-order chi connectivity index (χ1) is 11.7. The van der Waals surface area contributed by atoms with Crippen LogP contribution < -0.4 is 5.56 Å². The van der Waals surface area contributed by atoms with E-state index in [0.717, 1.165) is 5.56 Å². The zero-order valence-electron chi connectivity index (χ0n) is 12.5. The van der Waals surface area contributed by atoms with Crippen LogP contribution in [0.1, 0.15) is 5.76 Å². The molecule has 0 unspecified atom stereocenters. The highest BCUT2D eigenvalue weighted by Gasteiger charge is 2.09. The van der Waals surface area contributed by atoms with Crippen molar-refractivity contribution in [2.24, 2.45) is 0 Å². The lowest BCUT2D eigenvalue weighted by Gasteiger charge is -2.03. The molecule has 2 heterocycles. The Kier molecular flexibility index (Phi) is 3.63. The van der Waals surface area contributed by atoms with Crippen LogP contribution in [0.15, 0.2) is 70.2 Å². The molecule has 0 aliphatic carbocycles. The summed E-state index contributed by atoms with van der Waals surface area (Å²) in [5.74, 6) is 0.583. The molecule has 0 spiro atoms. The van der Waals surface area contributed by atoms with Crippen LogP contribution in [0.5, 0.6) is 0 Å². The Morgan fingerprint density at radius 3 is 2.71 bits per heavy atom. The van der Waals surface area contributed by atoms with Crippen molar-refractivity contribution < 1.29 is 4.52 Å². The second-order valence-corrected chi connectivity index (χ2v) is 5.82. The summed E-state index contributed by atoms with van der Waals surface area (Å²) in [6, 6.07) is 16.4. The number of rotatable bonds is 3. The van der Waals surface area contributed by atoms with E-state index in [4.69, 9.17) is 16.1 Å². The molecule has 5 nitrogen and oxygen atoms in total. The molecule has 0 bridgehead atoms. The van der Waals surface area contributed by atoms with Gasteiger partial charge in [-0.15, -0.1) is 0 Å². The van der Waals surface area contributed by atoms with Gasteiger partial charge in [-0.05, 0) is 24.3 Å². The molecule has 2 aromatic heterocycles. The summed E-state index contributed by atoms with van der Waals surface area (Å²) in [5, 5.41) is 5.29. The maximum Gasteiger partial charge on any atom is 0.261 e. The number of para-hydroxylation sites is 1. The zero-order valence-corrected chi connectivity index (χ0v) is 13.3. The Hall–Kier alpha value is -2.92. The van der Waals surface area contributed by atoms with Gasteiger partial charge in [0.25, 0.3) is 5.56 Å². The summed E-state index contributed by atoms with van der Waals surface area (Å²) in [6.07, 6.45) is 1.52. The third kappa shape index (κ3) is 2.70. The van der Waals surface area contributed by atoms with Crippen molar-refractivity contribution in [2.45, 2.75) is 6.54 Å². The van der Waals surface area contributed by atoms with Crippen molar-refractivity contribution in [3.8, 4) is 11.3 Å². The molecule has 0 amide bonds. The number of halogens is 1. The summed E-state index contributed by atoms with van der Waals surface area (Å²) in [7, 11) is 0. The van der Waals surface area contributed by atoms with E-state index in [1.54, 1.807) is 18.2 Å². The molecule has 0 N–H and O–H groups in total. The van der Waals surface area contributed by atoms with Gasteiger partial charge in [0, 0.05) is 16.7 Å². The molecular weight excluding hydrogens is 326 g/mol. The molecule has 0 saturated heterocycles. The van der Waals surface area contributed by atoms with Gasteiger partial charge in [-0.25, -0.2) is 4.98 Å². The summed E-state index contributed by atoms with van der Waals surface area (Å²) in [5.41, 5.74) is 2.17. The van der Waals surface area contributed by atoms with Crippen molar-refractivity contribution in [2.75, 3.05) is 0 Å². The fourth-order valence-electron chi connectivity index (χ4n) is 2.53. The van der Waals surface area contributed by atoms with Crippen LogP contribution in [-0.4, -0.2) is 14.7 Å². The smallest absolute Gasteiger partial charge is 0.261 e.